The number of phenols is 1. The predicted octanol–water partition coefficient (Wildman–Crippen LogP) is 6.88. The molecule has 0 aromatic heterocycles. The molecule has 29 heavy (non-hydrogen) atoms. The van der Waals surface area contributed by atoms with Gasteiger partial charge >= 0.3 is 0 Å². The van der Waals surface area contributed by atoms with Gasteiger partial charge in [0, 0.05) is 16.7 Å². The fraction of sp³-hybridized carbons (Fsp3) is 0.577. The molecule has 1 N–H and O–H groups in total. The highest BCUT2D eigenvalue weighted by Crippen LogP contribution is 2.39. The molecular formula is C26H40O3. The highest BCUT2D eigenvalue weighted by atomic mass is 16.5. The van der Waals surface area contributed by atoms with Crippen molar-refractivity contribution in [3.05, 3.63) is 52.1 Å². The molecule has 0 atom stereocenters. The second kappa shape index (κ2) is 10.2. The second-order valence-electron chi connectivity index (χ2n) is 10.2. The van der Waals surface area contributed by atoms with E-state index in [9.17, 15) is 9.90 Å². The lowest BCUT2D eigenvalue weighted by molar-refractivity contribution is 0.0805. The van der Waals surface area contributed by atoms with Crippen LogP contribution in [0.1, 0.15) is 96.6 Å². The smallest absolute Gasteiger partial charge is 0.188 e. The zero-order valence-electron chi connectivity index (χ0n) is 19.9. The molecule has 0 saturated carbocycles. The number of phenolic OH excluding ortho intramolecular Hbond substituents is 1. The van der Waals surface area contributed by atoms with Crippen LogP contribution in [0.3, 0.4) is 0 Å². The van der Waals surface area contributed by atoms with E-state index in [1.165, 1.54) is 11.1 Å². The first-order valence-electron chi connectivity index (χ1n) is 10.5. The summed E-state index contributed by atoms with van der Waals surface area (Å²) in [6.07, 6.45) is 6.31. The molecule has 1 aromatic rings. The van der Waals surface area contributed by atoms with Crippen molar-refractivity contribution in [3.8, 4) is 5.75 Å². The van der Waals surface area contributed by atoms with Crippen LogP contribution < -0.4 is 0 Å². The fourth-order valence-corrected chi connectivity index (χ4v) is 3.07. The number of Topliss-reactive ketones (excluding diaryl/α,β-unsaturated/α-hetero) is 1. The number of hydrogen-bond donors (Lipinski definition) is 1. The van der Waals surface area contributed by atoms with Crippen molar-refractivity contribution in [1.82, 2.24) is 0 Å². The summed E-state index contributed by atoms with van der Waals surface area (Å²) in [4.78, 5) is 12.8. The zero-order valence-corrected chi connectivity index (χ0v) is 19.9. The molecule has 162 valence electrons. The number of benzene rings is 1. The molecular weight excluding hydrogens is 360 g/mol. The maximum Gasteiger partial charge on any atom is 0.188 e. The lowest BCUT2D eigenvalue weighted by Crippen LogP contribution is -2.20. The van der Waals surface area contributed by atoms with E-state index in [2.05, 4.69) is 26.8 Å². The van der Waals surface area contributed by atoms with Crippen molar-refractivity contribution in [2.75, 3.05) is 13.2 Å². The first-order valence-corrected chi connectivity index (χ1v) is 10.5. The van der Waals surface area contributed by atoms with Gasteiger partial charge in [0.25, 0.3) is 0 Å². The van der Waals surface area contributed by atoms with Gasteiger partial charge in [-0.2, -0.15) is 0 Å². The number of allylic oxidation sites excluding steroid dienone is 3. The van der Waals surface area contributed by atoms with Gasteiger partial charge < -0.3 is 9.84 Å². The molecule has 0 unspecified atom stereocenters. The molecule has 0 amide bonds. The highest BCUT2D eigenvalue weighted by molar-refractivity contribution is 5.98. The van der Waals surface area contributed by atoms with Gasteiger partial charge in [0.1, 0.15) is 12.4 Å². The molecule has 0 aliphatic carbocycles. The average molecular weight is 401 g/mol. The third-order valence-corrected chi connectivity index (χ3v) is 4.92. The summed E-state index contributed by atoms with van der Waals surface area (Å²) < 4.78 is 5.63. The Balaban J connectivity index is 2.88. The van der Waals surface area contributed by atoms with Crippen LogP contribution in [0.2, 0.25) is 0 Å². The Bertz CT molecular complexity index is 729. The molecule has 0 radical (unpaired) electrons. The fourth-order valence-electron chi connectivity index (χ4n) is 3.07. The minimum absolute atomic E-state index is 0.0374. The van der Waals surface area contributed by atoms with Gasteiger partial charge in [-0.05, 0) is 56.6 Å². The topological polar surface area (TPSA) is 46.5 Å². The van der Waals surface area contributed by atoms with Crippen LogP contribution in [0.15, 0.2) is 35.4 Å². The molecule has 3 heteroatoms. The number of hydrogen-bond acceptors (Lipinski definition) is 3. The van der Waals surface area contributed by atoms with Gasteiger partial charge in [0.2, 0.25) is 0 Å². The van der Waals surface area contributed by atoms with Crippen molar-refractivity contribution in [2.24, 2.45) is 0 Å². The Morgan fingerprint density at radius 1 is 0.966 bits per heavy atom. The van der Waals surface area contributed by atoms with Gasteiger partial charge in [-0.25, -0.2) is 0 Å². The summed E-state index contributed by atoms with van der Waals surface area (Å²) in [5.41, 5.74) is 4.27. The molecule has 0 bridgehead atoms. The molecule has 0 fully saturated rings. The maximum atomic E-state index is 12.8. The van der Waals surface area contributed by atoms with E-state index in [1.54, 1.807) is 0 Å². The Morgan fingerprint density at radius 2 is 1.48 bits per heavy atom. The van der Waals surface area contributed by atoms with E-state index in [4.69, 9.17) is 4.74 Å². The van der Waals surface area contributed by atoms with Crippen molar-refractivity contribution in [3.63, 3.8) is 0 Å². The van der Waals surface area contributed by atoms with E-state index < -0.39 is 0 Å². The standard InChI is InChI=1S/C26H40O3/c1-18(2)11-10-12-19(3)13-14-29-17-23(27)20-15-21(25(4,5)6)24(28)22(16-20)26(7,8)9/h11,13,15-16,28H,10,12,14,17H2,1-9H3. The second-order valence-corrected chi connectivity index (χ2v) is 10.2. The summed E-state index contributed by atoms with van der Waals surface area (Å²) in [5, 5.41) is 10.8. The summed E-state index contributed by atoms with van der Waals surface area (Å²) in [5.74, 6) is 0.231. The van der Waals surface area contributed by atoms with Gasteiger partial charge in [-0.15, -0.1) is 0 Å². The van der Waals surface area contributed by atoms with Crippen LogP contribution in [-0.2, 0) is 15.6 Å². The van der Waals surface area contributed by atoms with Gasteiger partial charge in [-0.1, -0.05) is 64.8 Å². The predicted molar refractivity (Wildman–Crippen MR) is 123 cm³/mol. The van der Waals surface area contributed by atoms with Crippen LogP contribution in [0.5, 0.6) is 5.75 Å². The van der Waals surface area contributed by atoms with Crippen LogP contribution in [0.4, 0.5) is 0 Å². The first-order chi connectivity index (χ1) is 13.2. The summed E-state index contributed by atoms with van der Waals surface area (Å²) in [7, 11) is 0. The number of carbonyl (C=O) groups excluding carboxylic acids is 1. The van der Waals surface area contributed by atoms with E-state index in [0.717, 1.165) is 24.0 Å². The number of carbonyl (C=O) groups is 1. The van der Waals surface area contributed by atoms with E-state index in [-0.39, 0.29) is 29.0 Å². The normalized spacial score (nSPS) is 12.8. The number of rotatable bonds is 8. The molecule has 0 aliphatic heterocycles. The zero-order chi connectivity index (χ0) is 22.4. The van der Waals surface area contributed by atoms with Gasteiger partial charge in [0.15, 0.2) is 5.78 Å². The SMILES string of the molecule is CC(C)=CCCC(C)=CCOCC(=O)c1cc(C(C)(C)C)c(O)c(C(C)(C)C)c1. The lowest BCUT2D eigenvalue weighted by Gasteiger charge is -2.28. The van der Waals surface area contributed by atoms with Gasteiger partial charge in [0.05, 0.1) is 6.61 Å². The largest absolute Gasteiger partial charge is 0.507 e. The number of aromatic hydroxyl groups is 1. The van der Waals surface area contributed by atoms with Crippen LogP contribution in [0.25, 0.3) is 0 Å². The molecule has 0 saturated heterocycles. The number of ether oxygens (including phenoxy) is 1. The highest BCUT2D eigenvalue weighted by Gasteiger charge is 2.27. The van der Waals surface area contributed by atoms with Crippen LogP contribution >= 0.6 is 0 Å². The third kappa shape index (κ3) is 8.18. The molecule has 0 aliphatic rings. The maximum absolute atomic E-state index is 12.8. The van der Waals surface area contributed by atoms with E-state index >= 15 is 0 Å². The van der Waals surface area contributed by atoms with Crippen molar-refractivity contribution >= 4 is 5.78 Å². The molecule has 0 heterocycles. The number of ketones is 1. The Labute approximate surface area is 177 Å². The molecule has 3 nitrogen and oxygen atoms in total. The molecule has 1 aromatic carbocycles. The summed E-state index contributed by atoms with van der Waals surface area (Å²) in [6, 6.07) is 3.63. The van der Waals surface area contributed by atoms with Gasteiger partial charge in [-0.3, -0.25) is 4.79 Å². The molecule has 0 spiro atoms. The summed E-state index contributed by atoms with van der Waals surface area (Å²) in [6.45, 7) is 19.0. The quantitative estimate of drug-likeness (QED) is 0.294. The minimum atomic E-state index is -0.258. The monoisotopic (exact) mass is 400 g/mol. The van der Waals surface area contributed by atoms with E-state index in [0.29, 0.717) is 12.2 Å². The first kappa shape index (κ1) is 25.2. The van der Waals surface area contributed by atoms with E-state index in [1.807, 2.05) is 59.8 Å². The Kier molecular flexibility index (Phi) is 8.89. The van der Waals surface area contributed by atoms with Crippen LogP contribution in [-0.4, -0.2) is 24.1 Å². The lowest BCUT2D eigenvalue weighted by atomic mass is 9.78. The average Bonchev–Trinajstić information content (AvgIpc) is 2.56. The van der Waals surface area contributed by atoms with Crippen molar-refractivity contribution < 1.29 is 14.6 Å². The third-order valence-electron chi connectivity index (χ3n) is 4.92. The van der Waals surface area contributed by atoms with Crippen LogP contribution in [0, 0.1) is 0 Å². The van der Waals surface area contributed by atoms with Crippen molar-refractivity contribution in [1.29, 1.82) is 0 Å². The Morgan fingerprint density at radius 3 is 1.93 bits per heavy atom. The molecule has 1 rings (SSSR count). The minimum Gasteiger partial charge on any atom is -0.507 e. The summed E-state index contributed by atoms with van der Waals surface area (Å²) >= 11 is 0. The van der Waals surface area contributed by atoms with Crippen molar-refractivity contribution in [2.45, 2.75) is 86.0 Å². The Hall–Kier alpha value is -1.87.